The van der Waals surface area contributed by atoms with E-state index in [1.807, 2.05) is 12.1 Å². The van der Waals surface area contributed by atoms with Crippen LogP contribution in [0.5, 0.6) is 0 Å². The number of nitrogens with one attached hydrogen (secondary N) is 1. The van der Waals surface area contributed by atoms with Crippen molar-refractivity contribution in [1.82, 2.24) is 20.2 Å². The number of rotatable bonds is 2. The first-order chi connectivity index (χ1) is 8.63. The molecule has 1 N–H and O–H groups in total. The third-order valence-corrected chi connectivity index (χ3v) is 3.81. The predicted molar refractivity (Wildman–Crippen MR) is 65.1 cm³/mol. The summed E-state index contributed by atoms with van der Waals surface area (Å²) in [7, 11) is 1.82. The van der Waals surface area contributed by atoms with Crippen molar-refractivity contribution in [3.8, 4) is 0 Å². The lowest BCUT2D eigenvalue weighted by Crippen LogP contribution is -2.53. The van der Waals surface area contributed by atoms with Crippen LogP contribution in [-0.4, -0.2) is 66.2 Å². The molecular weight excluding hydrogens is 235 g/mol. The largest absolute Gasteiger partial charge is 0.301 e. The monoisotopic (exact) mass is 254 g/mol. The Morgan fingerprint density at radius 1 is 1.50 bits per heavy atom. The molecule has 2 fully saturated rings. The Hall–Kier alpha value is -1.14. The van der Waals surface area contributed by atoms with E-state index < -0.39 is 6.17 Å². The first-order valence-corrected chi connectivity index (χ1v) is 6.52. The zero-order chi connectivity index (χ0) is 12.7. The Morgan fingerprint density at radius 3 is 3.00 bits per heavy atom. The molecule has 100 valence electrons. The van der Waals surface area contributed by atoms with Crippen molar-refractivity contribution in [2.24, 2.45) is 0 Å². The molecule has 1 unspecified atom stereocenters. The second-order valence-electron chi connectivity index (χ2n) is 5.28. The van der Waals surface area contributed by atoms with E-state index in [0.29, 0.717) is 19.5 Å². The third-order valence-electron chi connectivity index (χ3n) is 3.81. The van der Waals surface area contributed by atoms with E-state index in [1.54, 1.807) is 4.90 Å². The molecule has 3 aliphatic heterocycles. The van der Waals surface area contributed by atoms with E-state index in [-0.39, 0.29) is 11.9 Å². The van der Waals surface area contributed by atoms with E-state index in [9.17, 15) is 9.18 Å². The highest BCUT2D eigenvalue weighted by Gasteiger charge is 2.33. The number of hydrogen-bond acceptors (Lipinski definition) is 4. The quantitative estimate of drug-likeness (QED) is 0.748. The van der Waals surface area contributed by atoms with E-state index in [4.69, 9.17) is 0 Å². The van der Waals surface area contributed by atoms with E-state index in [1.165, 1.54) is 0 Å². The van der Waals surface area contributed by atoms with Crippen LogP contribution in [0.15, 0.2) is 11.9 Å². The number of likely N-dealkylation sites (tertiary alicyclic amines) is 1. The summed E-state index contributed by atoms with van der Waals surface area (Å²) in [6, 6.07) is 0.181. The summed E-state index contributed by atoms with van der Waals surface area (Å²) >= 11 is 0. The molecule has 6 heteroatoms. The summed E-state index contributed by atoms with van der Waals surface area (Å²) in [5.41, 5.74) is 3.38. The number of fused-ring (bicyclic) bond motifs is 1. The maximum atomic E-state index is 12.8. The molecule has 0 aromatic rings. The molecule has 0 spiro atoms. The molecule has 0 radical (unpaired) electrons. The van der Waals surface area contributed by atoms with E-state index in [0.717, 1.165) is 25.3 Å². The standard InChI is InChI=1S/C12H19FN4O/c1-15-11-5-10(8-16-6-9(13)7-16)14-17(11)4-2-3-12(15)18/h5,9-10,14H,2-4,6-8H2,1H3. The van der Waals surface area contributed by atoms with Crippen LogP contribution >= 0.6 is 0 Å². The molecule has 1 amide bonds. The lowest BCUT2D eigenvalue weighted by Gasteiger charge is -2.36. The predicted octanol–water partition coefficient (Wildman–Crippen LogP) is -0.0775. The summed E-state index contributed by atoms with van der Waals surface area (Å²) in [6.07, 6.45) is 2.89. The van der Waals surface area contributed by atoms with Gasteiger partial charge < -0.3 is 4.90 Å². The molecule has 3 rings (SSSR count). The summed E-state index contributed by atoms with van der Waals surface area (Å²) < 4.78 is 12.8. The number of amides is 1. The molecule has 0 bridgehead atoms. The van der Waals surface area contributed by atoms with E-state index >= 15 is 0 Å². The topological polar surface area (TPSA) is 38.8 Å². The van der Waals surface area contributed by atoms with Crippen LogP contribution < -0.4 is 5.43 Å². The fourth-order valence-corrected chi connectivity index (χ4v) is 2.76. The SMILES string of the molecule is CN1C(=O)CCCN2NC(CN3CC(F)C3)C=C21. The average molecular weight is 254 g/mol. The van der Waals surface area contributed by atoms with Gasteiger partial charge in [0.15, 0.2) is 0 Å². The van der Waals surface area contributed by atoms with Gasteiger partial charge in [0, 0.05) is 39.6 Å². The zero-order valence-electron chi connectivity index (χ0n) is 10.6. The normalized spacial score (nSPS) is 30.0. The van der Waals surface area contributed by atoms with Gasteiger partial charge in [-0.3, -0.25) is 14.7 Å². The Bertz CT molecular complexity index is 380. The van der Waals surface area contributed by atoms with Crippen LogP contribution in [0.25, 0.3) is 0 Å². The minimum Gasteiger partial charge on any atom is -0.301 e. The molecule has 0 aliphatic carbocycles. The summed E-state index contributed by atoms with van der Waals surface area (Å²) in [5.74, 6) is 1.11. The molecule has 0 saturated carbocycles. The van der Waals surface area contributed by atoms with Crippen molar-refractivity contribution in [2.75, 3.05) is 33.2 Å². The van der Waals surface area contributed by atoms with Crippen LogP contribution in [0.1, 0.15) is 12.8 Å². The maximum Gasteiger partial charge on any atom is 0.227 e. The van der Waals surface area contributed by atoms with Crippen LogP contribution in [-0.2, 0) is 4.79 Å². The molecule has 3 aliphatic rings. The number of alkyl halides is 1. The molecule has 1 atom stereocenters. The molecule has 5 nitrogen and oxygen atoms in total. The van der Waals surface area contributed by atoms with Crippen LogP contribution in [0, 0.1) is 0 Å². The number of carbonyl (C=O) groups excluding carboxylic acids is 1. The minimum absolute atomic E-state index is 0.166. The summed E-state index contributed by atoms with van der Waals surface area (Å²) in [4.78, 5) is 15.6. The Morgan fingerprint density at radius 2 is 2.28 bits per heavy atom. The third kappa shape index (κ3) is 2.10. The van der Waals surface area contributed by atoms with Gasteiger partial charge in [0.05, 0.1) is 6.04 Å². The summed E-state index contributed by atoms with van der Waals surface area (Å²) in [5, 5.41) is 2.04. The van der Waals surface area contributed by atoms with Crippen molar-refractivity contribution in [3.05, 3.63) is 11.9 Å². The lowest BCUT2D eigenvalue weighted by atomic mass is 10.1. The summed E-state index contributed by atoms with van der Waals surface area (Å²) in [6.45, 7) is 2.73. The van der Waals surface area contributed by atoms with Crippen molar-refractivity contribution in [3.63, 3.8) is 0 Å². The molecule has 2 saturated heterocycles. The van der Waals surface area contributed by atoms with Gasteiger partial charge in [-0.15, -0.1) is 0 Å². The Kier molecular flexibility index (Phi) is 2.99. The van der Waals surface area contributed by atoms with Crippen molar-refractivity contribution in [1.29, 1.82) is 0 Å². The first-order valence-electron chi connectivity index (χ1n) is 6.52. The maximum absolute atomic E-state index is 12.8. The van der Waals surface area contributed by atoms with Crippen molar-refractivity contribution >= 4 is 5.91 Å². The van der Waals surface area contributed by atoms with Gasteiger partial charge in [0.25, 0.3) is 0 Å². The number of halogens is 1. The van der Waals surface area contributed by atoms with Crippen LogP contribution in [0.4, 0.5) is 4.39 Å². The van der Waals surface area contributed by atoms with Crippen LogP contribution in [0.2, 0.25) is 0 Å². The molecule has 0 aromatic heterocycles. The highest BCUT2D eigenvalue weighted by molar-refractivity contribution is 5.78. The first kappa shape index (κ1) is 11.9. The Labute approximate surface area is 106 Å². The van der Waals surface area contributed by atoms with Gasteiger partial charge in [-0.05, 0) is 12.5 Å². The lowest BCUT2D eigenvalue weighted by molar-refractivity contribution is -0.128. The molecular formula is C12H19FN4O. The number of hydrazine groups is 1. The number of carbonyl (C=O) groups is 1. The smallest absolute Gasteiger partial charge is 0.227 e. The van der Waals surface area contributed by atoms with Gasteiger partial charge in [-0.2, -0.15) is 0 Å². The average Bonchev–Trinajstić information content (AvgIpc) is 2.64. The fourth-order valence-electron chi connectivity index (χ4n) is 2.76. The van der Waals surface area contributed by atoms with Gasteiger partial charge in [-0.1, -0.05) is 0 Å². The second-order valence-corrected chi connectivity index (χ2v) is 5.28. The number of nitrogens with zero attached hydrogens (tertiary/aromatic N) is 3. The van der Waals surface area contributed by atoms with Gasteiger partial charge in [0.1, 0.15) is 12.0 Å². The minimum atomic E-state index is -0.658. The highest BCUT2D eigenvalue weighted by atomic mass is 19.1. The van der Waals surface area contributed by atoms with Gasteiger partial charge in [0.2, 0.25) is 5.91 Å². The second kappa shape index (κ2) is 4.51. The highest BCUT2D eigenvalue weighted by Crippen LogP contribution is 2.22. The molecule has 0 aromatic carbocycles. The van der Waals surface area contributed by atoms with E-state index in [2.05, 4.69) is 16.4 Å². The Balaban J connectivity index is 1.65. The zero-order valence-corrected chi connectivity index (χ0v) is 10.6. The fraction of sp³-hybridized carbons (Fsp3) is 0.750. The molecule has 18 heavy (non-hydrogen) atoms. The number of hydrogen-bond donors (Lipinski definition) is 1. The van der Waals surface area contributed by atoms with Gasteiger partial charge >= 0.3 is 0 Å². The van der Waals surface area contributed by atoms with Crippen molar-refractivity contribution in [2.45, 2.75) is 25.1 Å². The van der Waals surface area contributed by atoms with Gasteiger partial charge in [-0.25, -0.2) is 9.82 Å². The van der Waals surface area contributed by atoms with Crippen molar-refractivity contribution < 1.29 is 9.18 Å². The molecule has 3 heterocycles. The van der Waals surface area contributed by atoms with Crippen LogP contribution in [0.3, 0.4) is 0 Å².